The zero-order valence-electron chi connectivity index (χ0n) is 15.7. The summed E-state index contributed by atoms with van der Waals surface area (Å²) in [7, 11) is 5.91. The highest BCUT2D eigenvalue weighted by Crippen LogP contribution is 2.53. The maximum atomic E-state index is 12.9. The lowest BCUT2D eigenvalue weighted by Crippen LogP contribution is -2.47. The van der Waals surface area contributed by atoms with Crippen LogP contribution in [0.25, 0.3) is 0 Å². The molecule has 1 aromatic rings. The number of hydrogen-bond donors (Lipinski definition) is 0. The van der Waals surface area contributed by atoms with Crippen molar-refractivity contribution in [2.24, 2.45) is 11.8 Å². The van der Waals surface area contributed by atoms with E-state index in [1.54, 1.807) is 14.2 Å². The Balaban J connectivity index is 1.88. The number of nitrogens with zero attached hydrogens (tertiary/aromatic N) is 2. The molecule has 0 aliphatic carbocycles. The van der Waals surface area contributed by atoms with Crippen LogP contribution in [0.3, 0.4) is 0 Å². The summed E-state index contributed by atoms with van der Waals surface area (Å²) in [5.74, 6) is -1.21. The van der Waals surface area contributed by atoms with Crippen LogP contribution < -0.4 is 9.47 Å². The molecule has 27 heavy (non-hydrogen) atoms. The van der Waals surface area contributed by atoms with Crippen molar-refractivity contribution < 1.29 is 28.6 Å². The second-order valence-electron chi connectivity index (χ2n) is 7.09. The molecule has 3 heterocycles. The van der Waals surface area contributed by atoms with E-state index in [9.17, 15) is 14.4 Å². The van der Waals surface area contributed by atoms with Gasteiger partial charge in [-0.2, -0.15) is 0 Å². The van der Waals surface area contributed by atoms with E-state index in [0.29, 0.717) is 24.5 Å². The van der Waals surface area contributed by atoms with E-state index in [1.165, 1.54) is 14.2 Å². The van der Waals surface area contributed by atoms with E-state index in [-0.39, 0.29) is 17.9 Å². The van der Waals surface area contributed by atoms with Crippen LogP contribution in [0.2, 0.25) is 0 Å². The van der Waals surface area contributed by atoms with Gasteiger partial charge in [0.1, 0.15) is 6.04 Å². The summed E-state index contributed by atoms with van der Waals surface area (Å²) in [6.45, 7) is 0.560. The molecule has 1 aromatic carbocycles. The topological polar surface area (TPSA) is 85.4 Å². The summed E-state index contributed by atoms with van der Waals surface area (Å²) in [5.41, 5.74) is 1.93. The first-order valence-electron chi connectivity index (χ1n) is 8.84. The van der Waals surface area contributed by atoms with Crippen molar-refractivity contribution in [3.63, 3.8) is 0 Å². The number of hydrogen-bond acceptors (Lipinski definition) is 7. The molecule has 4 atom stereocenters. The molecular formula is C19H22N2O6. The van der Waals surface area contributed by atoms with Gasteiger partial charge in [0.15, 0.2) is 11.5 Å². The average Bonchev–Trinajstić information content (AvgIpc) is 3.15. The summed E-state index contributed by atoms with van der Waals surface area (Å²) in [5, 5.41) is 0. The molecular weight excluding hydrogens is 352 g/mol. The number of ether oxygens (including phenoxy) is 3. The lowest BCUT2D eigenvalue weighted by molar-refractivity contribution is -0.152. The zero-order valence-corrected chi connectivity index (χ0v) is 15.7. The first-order chi connectivity index (χ1) is 12.9. The number of rotatable bonds is 3. The Labute approximate surface area is 157 Å². The summed E-state index contributed by atoms with van der Waals surface area (Å²) in [4.78, 5) is 41.2. The van der Waals surface area contributed by atoms with E-state index in [0.717, 1.165) is 16.0 Å². The van der Waals surface area contributed by atoms with Gasteiger partial charge < -0.3 is 14.2 Å². The van der Waals surface area contributed by atoms with Gasteiger partial charge in [0.05, 0.1) is 33.2 Å². The van der Waals surface area contributed by atoms with Crippen molar-refractivity contribution in [1.29, 1.82) is 0 Å². The van der Waals surface area contributed by atoms with Crippen molar-refractivity contribution in [3.8, 4) is 11.5 Å². The molecule has 0 N–H and O–H groups in total. The highest BCUT2D eigenvalue weighted by Gasteiger charge is 2.64. The summed E-state index contributed by atoms with van der Waals surface area (Å²) in [6, 6.07) is 2.64. The molecule has 0 unspecified atom stereocenters. The zero-order chi connectivity index (χ0) is 19.5. The maximum absolute atomic E-state index is 12.9. The third kappa shape index (κ3) is 2.29. The monoisotopic (exact) mass is 374 g/mol. The van der Waals surface area contributed by atoms with E-state index >= 15 is 0 Å². The third-order valence-corrected chi connectivity index (χ3v) is 6.06. The number of carbonyl (C=O) groups is 3. The smallest absolute Gasteiger partial charge is 0.323 e. The highest BCUT2D eigenvalue weighted by molar-refractivity contribution is 6.08. The van der Waals surface area contributed by atoms with Crippen LogP contribution in [0.1, 0.15) is 17.2 Å². The minimum Gasteiger partial charge on any atom is -0.493 e. The third-order valence-electron chi connectivity index (χ3n) is 6.06. The fourth-order valence-corrected chi connectivity index (χ4v) is 4.84. The molecule has 4 rings (SSSR count). The molecule has 144 valence electrons. The maximum Gasteiger partial charge on any atom is 0.323 e. The standard InChI is InChI=1S/C19H22N2O6/c1-20-17(22)13-14(18(20)23)16(19(24)27-4)21-6-5-9-7-11(25-2)12(26-3)8-10(9)15(13)21/h7-8,13-16H,5-6H2,1-4H3/t13-,14+,15-,16+/m1/s1. The Morgan fingerprint density at radius 1 is 1.04 bits per heavy atom. The van der Waals surface area contributed by atoms with Gasteiger partial charge in [0.2, 0.25) is 11.8 Å². The first-order valence-corrected chi connectivity index (χ1v) is 8.84. The number of likely N-dealkylation sites (tertiary alicyclic amines) is 1. The van der Waals surface area contributed by atoms with Gasteiger partial charge in [-0.1, -0.05) is 0 Å². The van der Waals surface area contributed by atoms with Gasteiger partial charge >= 0.3 is 5.97 Å². The van der Waals surface area contributed by atoms with Crippen LogP contribution >= 0.6 is 0 Å². The molecule has 3 aliphatic heterocycles. The molecule has 0 aromatic heterocycles. The summed E-state index contributed by atoms with van der Waals surface area (Å²) >= 11 is 0. The minimum atomic E-state index is -0.757. The van der Waals surface area contributed by atoms with Crippen molar-refractivity contribution in [2.75, 3.05) is 34.9 Å². The molecule has 8 heteroatoms. The quantitative estimate of drug-likeness (QED) is 0.559. The van der Waals surface area contributed by atoms with Crippen LogP contribution in [-0.2, 0) is 25.5 Å². The van der Waals surface area contributed by atoms with Gasteiger partial charge in [-0.15, -0.1) is 0 Å². The Bertz CT molecular complexity index is 838. The van der Waals surface area contributed by atoms with E-state index in [2.05, 4.69) is 0 Å². The molecule has 0 bridgehead atoms. The Hall–Kier alpha value is -2.61. The molecule has 2 amide bonds. The van der Waals surface area contributed by atoms with E-state index in [1.807, 2.05) is 17.0 Å². The number of methoxy groups -OCH3 is 3. The van der Waals surface area contributed by atoms with Gasteiger partial charge in [0, 0.05) is 19.6 Å². The molecule has 0 saturated carbocycles. The molecule has 8 nitrogen and oxygen atoms in total. The Kier molecular flexibility index (Phi) is 4.10. The van der Waals surface area contributed by atoms with Gasteiger partial charge in [0.25, 0.3) is 0 Å². The fraction of sp³-hybridized carbons (Fsp3) is 0.526. The number of amides is 2. The van der Waals surface area contributed by atoms with Crippen molar-refractivity contribution in [1.82, 2.24) is 9.80 Å². The molecule has 2 saturated heterocycles. The SMILES string of the molecule is COC(=O)[C@@H]1[C@H]2C(=O)N(C)C(=O)[C@H]2[C@H]2c3cc(OC)c(OC)cc3CCN12. The van der Waals surface area contributed by atoms with Crippen LogP contribution in [0.4, 0.5) is 0 Å². The van der Waals surface area contributed by atoms with E-state index in [4.69, 9.17) is 14.2 Å². The van der Waals surface area contributed by atoms with Crippen LogP contribution in [-0.4, -0.2) is 68.5 Å². The largest absolute Gasteiger partial charge is 0.493 e. The van der Waals surface area contributed by atoms with Gasteiger partial charge in [-0.25, -0.2) is 0 Å². The number of carbonyl (C=O) groups excluding carboxylic acids is 3. The highest BCUT2D eigenvalue weighted by atomic mass is 16.5. The second-order valence-corrected chi connectivity index (χ2v) is 7.09. The number of esters is 1. The first kappa shape index (κ1) is 17.8. The van der Waals surface area contributed by atoms with Crippen molar-refractivity contribution >= 4 is 17.8 Å². The summed E-state index contributed by atoms with van der Waals surface area (Å²) < 4.78 is 15.8. The van der Waals surface area contributed by atoms with Gasteiger partial charge in [-0.05, 0) is 29.7 Å². The van der Waals surface area contributed by atoms with Crippen molar-refractivity contribution in [2.45, 2.75) is 18.5 Å². The van der Waals surface area contributed by atoms with Crippen LogP contribution in [0.5, 0.6) is 11.5 Å². The lowest BCUT2D eigenvalue weighted by Gasteiger charge is -2.37. The second kappa shape index (κ2) is 6.23. The Morgan fingerprint density at radius 2 is 1.67 bits per heavy atom. The number of fused-ring (bicyclic) bond motifs is 5. The fourth-order valence-electron chi connectivity index (χ4n) is 4.84. The Morgan fingerprint density at radius 3 is 2.30 bits per heavy atom. The number of imide groups is 1. The molecule has 2 fully saturated rings. The molecule has 0 spiro atoms. The van der Waals surface area contributed by atoms with Gasteiger partial charge in [-0.3, -0.25) is 24.2 Å². The predicted molar refractivity (Wildman–Crippen MR) is 93.3 cm³/mol. The number of benzene rings is 1. The lowest BCUT2D eigenvalue weighted by atomic mass is 9.83. The molecule has 3 aliphatic rings. The van der Waals surface area contributed by atoms with Crippen molar-refractivity contribution in [3.05, 3.63) is 23.3 Å². The summed E-state index contributed by atoms with van der Waals surface area (Å²) in [6.07, 6.45) is 0.678. The average molecular weight is 374 g/mol. The minimum absolute atomic E-state index is 0.256. The normalized spacial score (nSPS) is 29.3. The van der Waals surface area contributed by atoms with Crippen LogP contribution in [0.15, 0.2) is 12.1 Å². The predicted octanol–water partition coefficient (Wildman–Crippen LogP) is 0.389. The van der Waals surface area contributed by atoms with E-state index < -0.39 is 23.8 Å². The molecule has 0 radical (unpaired) electrons. The van der Waals surface area contributed by atoms with Crippen LogP contribution in [0, 0.1) is 11.8 Å².